The second-order valence-electron chi connectivity index (χ2n) is 3.51. The summed E-state index contributed by atoms with van der Waals surface area (Å²) in [6, 6.07) is 11.6. The molecule has 0 aliphatic carbocycles. The Kier molecular flexibility index (Phi) is 2.11. The minimum atomic E-state index is 0.728. The van der Waals surface area contributed by atoms with Gasteiger partial charge in [-0.15, -0.1) is 0 Å². The molecule has 16 heavy (non-hydrogen) atoms. The monoisotopic (exact) mass is 210 g/mol. The van der Waals surface area contributed by atoms with Crippen molar-refractivity contribution in [2.75, 3.05) is 0 Å². The van der Waals surface area contributed by atoms with E-state index in [0.717, 1.165) is 22.8 Å². The van der Waals surface area contributed by atoms with Crippen LogP contribution in [0.15, 0.2) is 59.2 Å². The summed E-state index contributed by atoms with van der Waals surface area (Å²) in [5, 5.41) is 0. The van der Waals surface area contributed by atoms with E-state index in [-0.39, 0.29) is 0 Å². The third-order valence-electron chi connectivity index (χ3n) is 2.43. The van der Waals surface area contributed by atoms with E-state index in [1.165, 1.54) is 0 Å². The normalized spacial score (nSPS) is 13.6. The van der Waals surface area contributed by atoms with Gasteiger partial charge in [0, 0.05) is 5.56 Å². The van der Waals surface area contributed by atoms with Crippen LogP contribution in [0.25, 0.3) is 11.8 Å². The zero-order valence-corrected chi connectivity index (χ0v) is 8.59. The number of ether oxygens (including phenoxy) is 1. The first kappa shape index (κ1) is 9.04. The Hall–Kier alpha value is -2.22. The second kappa shape index (κ2) is 3.74. The lowest BCUT2D eigenvalue weighted by Gasteiger charge is -2.07. The van der Waals surface area contributed by atoms with Gasteiger partial charge in [-0.25, -0.2) is 0 Å². The number of hydrogen-bond acceptors (Lipinski definition) is 2. The quantitative estimate of drug-likeness (QED) is 0.715. The summed E-state index contributed by atoms with van der Waals surface area (Å²) in [5.74, 6) is 2.31. The van der Waals surface area contributed by atoms with Crippen LogP contribution in [0.5, 0.6) is 5.75 Å². The fourth-order valence-electron chi connectivity index (χ4n) is 1.65. The lowest BCUT2D eigenvalue weighted by atomic mass is 10.2. The maximum atomic E-state index is 5.81. The molecule has 0 spiro atoms. The van der Waals surface area contributed by atoms with Gasteiger partial charge in [-0.3, -0.25) is 0 Å². The van der Waals surface area contributed by atoms with Crippen LogP contribution >= 0.6 is 0 Å². The van der Waals surface area contributed by atoms with Crippen molar-refractivity contribution in [2.45, 2.75) is 0 Å². The topological polar surface area (TPSA) is 22.4 Å². The van der Waals surface area contributed by atoms with Crippen LogP contribution in [0.1, 0.15) is 11.3 Å². The highest BCUT2D eigenvalue weighted by molar-refractivity contribution is 5.69. The van der Waals surface area contributed by atoms with Crippen molar-refractivity contribution in [3.8, 4) is 5.75 Å². The van der Waals surface area contributed by atoms with Gasteiger partial charge in [-0.1, -0.05) is 30.4 Å². The standard InChI is InChI=1S/C14H10O2/c1-2-7-12-11(5-1)6-3-8-14(16-12)13-9-4-10-15-13/h1-10H. The first-order chi connectivity index (χ1) is 7.93. The molecule has 2 nitrogen and oxygen atoms in total. The maximum Gasteiger partial charge on any atom is 0.169 e. The molecular weight excluding hydrogens is 200 g/mol. The highest BCUT2D eigenvalue weighted by Gasteiger charge is 2.10. The average molecular weight is 210 g/mol. The number of para-hydroxylation sites is 1. The molecule has 0 atom stereocenters. The zero-order chi connectivity index (χ0) is 10.8. The molecule has 1 aliphatic rings. The number of benzene rings is 1. The van der Waals surface area contributed by atoms with Crippen molar-refractivity contribution in [3.63, 3.8) is 0 Å². The second-order valence-corrected chi connectivity index (χ2v) is 3.51. The Morgan fingerprint density at radius 3 is 2.75 bits per heavy atom. The van der Waals surface area contributed by atoms with Crippen LogP contribution in [-0.4, -0.2) is 0 Å². The molecular formula is C14H10O2. The van der Waals surface area contributed by atoms with Crippen molar-refractivity contribution in [1.29, 1.82) is 0 Å². The van der Waals surface area contributed by atoms with Gasteiger partial charge < -0.3 is 9.15 Å². The van der Waals surface area contributed by atoms with Gasteiger partial charge in [0.1, 0.15) is 5.75 Å². The third-order valence-corrected chi connectivity index (χ3v) is 2.43. The molecule has 0 radical (unpaired) electrons. The Labute approximate surface area is 93.5 Å². The average Bonchev–Trinajstić information content (AvgIpc) is 2.75. The highest BCUT2D eigenvalue weighted by atomic mass is 16.5. The molecule has 0 fully saturated rings. The van der Waals surface area contributed by atoms with E-state index >= 15 is 0 Å². The van der Waals surface area contributed by atoms with Crippen molar-refractivity contribution < 1.29 is 9.15 Å². The van der Waals surface area contributed by atoms with Gasteiger partial charge in [-0.2, -0.15) is 0 Å². The van der Waals surface area contributed by atoms with Crippen molar-refractivity contribution in [3.05, 3.63) is 66.1 Å². The zero-order valence-electron chi connectivity index (χ0n) is 8.59. The van der Waals surface area contributed by atoms with Crippen molar-refractivity contribution in [2.24, 2.45) is 0 Å². The summed E-state index contributed by atoms with van der Waals surface area (Å²) in [5.41, 5.74) is 1.07. The molecule has 0 saturated carbocycles. The molecule has 0 saturated heterocycles. The number of hydrogen-bond donors (Lipinski definition) is 0. The number of allylic oxidation sites excluding steroid dienone is 2. The molecule has 2 heteroatoms. The molecule has 2 aromatic rings. The summed E-state index contributed by atoms with van der Waals surface area (Å²) in [4.78, 5) is 0. The molecule has 1 aromatic carbocycles. The van der Waals surface area contributed by atoms with E-state index < -0.39 is 0 Å². The van der Waals surface area contributed by atoms with E-state index in [1.807, 2.05) is 54.6 Å². The minimum absolute atomic E-state index is 0.728. The van der Waals surface area contributed by atoms with Crippen molar-refractivity contribution in [1.82, 2.24) is 0 Å². The summed E-state index contributed by atoms with van der Waals surface area (Å²) in [7, 11) is 0. The first-order valence-electron chi connectivity index (χ1n) is 5.12. The summed E-state index contributed by atoms with van der Waals surface area (Å²) in [6.07, 6.45) is 7.52. The van der Waals surface area contributed by atoms with Gasteiger partial charge in [-0.05, 0) is 24.3 Å². The summed E-state index contributed by atoms with van der Waals surface area (Å²) in [6.45, 7) is 0. The highest BCUT2D eigenvalue weighted by Crippen LogP contribution is 2.28. The van der Waals surface area contributed by atoms with E-state index in [9.17, 15) is 0 Å². The van der Waals surface area contributed by atoms with Crippen LogP contribution in [0.2, 0.25) is 0 Å². The van der Waals surface area contributed by atoms with Crippen LogP contribution < -0.4 is 4.74 Å². The fourth-order valence-corrected chi connectivity index (χ4v) is 1.65. The van der Waals surface area contributed by atoms with Crippen LogP contribution in [0.3, 0.4) is 0 Å². The molecule has 3 rings (SSSR count). The van der Waals surface area contributed by atoms with Crippen LogP contribution in [-0.2, 0) is 0 Å². The van der Waals surface area contributed by atoms with Crippen LogP contribution in [0, 0.1) is 0 Å². The fraction of sp³-hybridized carbons (Fsp3) is 0. The predicted octanol–water partition coefficient (Wildman–Crippen LogP) is 3.73. The molecule has 1 aromatic heterocycles. The summed E-state index contributed by atoms with van der Waals surface area (Å²) >= 11 is 0. The predicted molar refractivity (Wildman–Crippen MR) is 62.8 cm³/mol. The third kappa shape index (κ3) is 1.54. The van der Waals surface area contributed by atoms with Gasteiger partial charge in [0.2, 0.25) is 0 Å². The molecule has 2 heterocycles. The number of furan rings is 1. The van der Waals surface area contributed by atoms with Crippen LogP contribution in [0.4, 0.5) is 0 Å². The van der Waals surface area contributed by atoms with Gasteiger partial charge in [0.25, 0.3) is 0 Å². The van der Waals surface area contributed by atoms with E-state index in [2.05, 4.69) is 0 Å². The lowest BCUT2D eigenvalue weighted by molar-refractivity contribution is 0.465. The molecule has 0 bridgehead atoms. The lowest BCUT2D eigenvalue weighted by Crippen LogP contribution is -1.93. The largest absolute Gasteiger partial charge is 0.461 e. The SMILES string of the molecule is C1=Cc2ccccc2OC(c2ccco2)=C1. The minimum Gasteiger partial charge on any atom is -0.461 e. The smallest absolute Gasteiger partial charge is 0.169 e. The van der Waals surface area contributed by atoms with Gasteiger partial charge in [0.05, 0.1) is 6.26 Å². The van der Waals surface area contributed by atoms with Crippen molar-refractivity contribution >= 4 is 11.8 Å². The molecule has 0 N–H and O–H groups in total. The Balaban J connectivity index is 2.03. The van der Waals surface area contributed by atoms with E-state index in [0.29, 0.717) is 0 Å². The molecule has 0 amide bonds. The maximum absolute atomic E-state index is 5.81. The summed E-state index contributed by atoms with van der Waals surface area (Å²) < 4.78 is 11.1. The van der Waals surface area contributed by atoms with E-state index in [4.69, 9.17) is 9.15 Å². The van der Waals surface area contributed by atoms with Gasteiger partial charge in [0.15, 0.2) is 11.5 Å². The Bertz CT molecular complexity index is 548. The number of rotatable bonds is 1. The molecule has 78 valence electrons. The molecule has 0 unspecified atom stereocenters. The van der Waals surface area contributed by atoms with Gasteiger partial charge >= 0.3 is 0 Å². The number of fused-ring (bicyclic) bond motifs is 1. The van der Waals surface area contributed by atoms with E-state index in [1.54, 1.807) is 6.26 Å². The Morgan fingerprint density at radius 1 is 0.938 bits per heavy atom. The Morgan fingerprint density at radius 2 is 1.88 bits per heavy atom. The molecule has 1 aliphatic heterocycles. The first-order valence-corrected chi connectivity index (χ1v) is 5.12.